The predicted octanol–water partition coefficient (Wildman–Crippen LogP) is 4.34. The second-order valence-electron chi connectivity index (χ2n) is 4.70. The maximum absolute atomic E-state index is 13.9. The third-order valence-corrected chi connectivity index (χ3v) is 3.21. The van der Waals surface area contributed by atoms with Crippen LogP contribution in [-0.2, 0) is 6.18 Å². The van der Waals surface area contributed by atoms with E-state index < -0.39 is 29.4 Å². The zero-order valence-electron chi connectivity index (χ0n) is 11.0. The summed E-state index contributed by atoms with van der Waals surface area (Å²) in [6.45, 7) is 1.39. The van der Waals surface area contributed by atoms with Gasteiger partial charge in [0.1, 0.15) is 0 Å². The molecular formula is C15H12F5N. The fraction of sp³-hybridized carbons (Fsp3) is 0.200. The number of rotatable bonds is 2. The van der Waals surface area contributed by atoms with E-state index in [4.69, 9.17) is 5.73 Å². The monoisotopic (exact) mass is 301 g/mol. The van der Waals surface area contributed by atoms with Crippen molar-refractivity contribution in [1.82, 2.24) is 0 Å². The largest absolute Gasteiger partial charge is 0.416 e. The van der Waals surface area contributed by atoms with Crippen LogP contribution in [-0.4, -0.2) is 0 Å². The molecule has 112 valence electrons. The van der Waals surface area contributed by atoms with Crippen LogP contribution in [0.1, 0.15) is 28.3 Å². The van der Waals surface area contributed by atoms with E-state index >= 15 is 0 Å². The van der Waals surface area contributed by atoms with Gasteiger partial charge in [-0.25, -0.2) is 8.78 Å². The molecule has 2 aromatic carbocycles. The van der Waals surface area contributed by atoms with E-state index in [1.54, 1.807) is 0 Å². The minimum atomic E-state index is -4.52. The van der Waals surface area contributed by atoms with Gasteiger partial charge in [0.05, 0.1) is 11.6 Å². The van der Waals surface area contributed by atoms with E-state index in [1.807, 2.05) is 0 Å². The first-order valence-electron chi connectivity index (χ1n) is 6.09. The summed E-state index contributed by atoms with van der Waals surface area (Å²) in [5.74, 6) is -2.19. The molecule has 0 aromatic heterocycles. The van der Waals surface area contributed by atoms with Crippen molar-refractivity contribution in [2.45, 2.75) is 19.1 Å². The predicted molar refractivity (Wildman–Crippen MR) is 68.6 cm³/mol. The minimum absolute atomic E-state index is 0.0620. The van der Waals surface area contributed by atoms with Gasteiger partial charge >= 0.3 is 6.18 Å². The molecular weight excluding hydrogens is 289 g/mol. The Balaban J connectivity index is 2.46. The molecule has 2 N–H and O–H groups in total. The van der Waals surface area contributed by atoms with Crippen LogP contribution in [0.5, 0.6) is 0 Å². The molecule has 1 nitrogen and oxygen atoms in total. The van der Waals surface area contributed by atoms with Crippen molar-refractivity contribution in [2.24, 2.45) is 5.73 Å². The Morgan fingerprint density at radius 2 is 1.67 bits per heavy atom. The van der Waals surface area contributed by atoms with Crippen LogP contribution in [0.15, 0.2) is 36.4 Å². The topological polar surface area (TPSA) is 26.0 Å². The Bertz CT molecular complexity index is 664. The lowest BCUT2D eigenvalue weighted by atomic mass is 9.96. The van der Waals surface area contributed by atoms with Crippen molar-refractivity contribution in [3.8, 4) is 0 Å². The zero-order chi connectivity index (χ0) is 15.8. The first-order valence-corrected chi connectivity index (χ1v) is 6.09. The quantitative estimate of drug-likeness (QED) is 0.820. The van der Waals surface area contributed by atoms with Crippen molar-refractivity contribution in [3.63, 3.8) is 0 Å². The summed E-state index contributed by atoms with van der Waals surface area (Å²) in [6.07, 6.45) is -4.52. The smallest absolute Gasteiger partial charge is 0.320 e. The number of benzene rings is 2. The summed E-state index contributed by atoms with van der Waals surface area (Å²) in [5, 5.41) is 0. The number of hydrogen-bond acceptors (Lipinski definition) is 1. The van der Waals surface area contributed by atoms with Crippen molar-refractivity contribution in [3.05, 3.63) is 70.3 Å². The van der Waals surface area contributed by atoms with Gasteiger partial charge in [-0.05, 0) is 30.2 Å². The van der Waals surface area contributed by atoms with E-state index in [0.29, 0.717) is 0 Å². The summed E-state index contributed by atoms with van der Waals surface area (Å²) < 4.78 is 65.3. The van der Waals surface area contributed by atoms with Gasteiger partial charge in [-0.1, -0.05) is 24.3 Å². The third kappa shape index (κ3) is 3.05. The molecule has 21 heavy (non-hydrogen) atoms. The molecule has 0 aliphatic rings. The molecule has 0 saturated heterocycles. The SMILES string of the molecule is Cc1ccc(C(N)c2cccc(C(F)(F)F)c2)c(F)c1F. The molecule has 0 heterocycles. The van der Waals surface area contributed by atoms with E-state index in [9.17, 15) is 22.0 Å². The third-order valence-electron chi connectivity index (χ3n) is 3.21. The molecule has 0 fully saturated rings. The standard InChI is InChI=1S/C15H12F5N/c1-8-5-6-11(13(17)12(8)16)14(21)9-3-2-4-10(7-9)15(18,19)20/h2-7,14H,21H2,1H3. The van der Waals surface area contributed by atoms with E-state index in [2.05, 4.69) is 0 Å². The van der Waals surface area contributed by atoms with Gasteiger partial charge in [0, 0.05) is 5.56 Å². The van der Waals surface area contributed by atoms with Crippen molar-refractivity contribution in [2.75, 3.05) is 0 Å². The maximum atomic E-state index is 13.9. The molecule has 0 aliphatic heterocycles. The molecule has 1 unspecified atom stereocenters. The molecule has 0 spiro atoms. The summed E-state index contributed by atoms with van der Waals surface area (Å²) in [6, 6.07) is 5.68. The number of hydrogen-bond donors (Lipinski definition) is 1. The summed E-state index contributed by atoms with van der Waals surface area (Å²) in [4.78, 5) is 0. The highest BCUT2D eigenvalue weighted by Gasteiger charge is 2.31. The highest BCUT2D eigenvalue weighted by Crippen LogP contribution is 2.32. The molecule has 1 atom stereocenters. The lowest BCUT2D eigenvalue weighted by Gasteiger charge is -2.16. The van der Waals surface area contributed by atoms with E-state index in [0.717, 1.165) is 12.1 Å². The van der Waals surface area contributed by atoms with Crippen LogP contribution in [0.25, 0.3) is 0 Å². The molecule has 6 heteroatoms. The lowest BCUT2D eigenvalue weighted by Crippen LogP contribution is -2.16. The second-order valence-corrected chi connectivity index (χ2v) is 4.70. The molecule has 0 amide bonds. The van der Waals surface area contributed by atoms with Crippen LogP contribution >= 0.6 is 0 Å². The van der Waals surface area contributed by atoms with Crippen LogP contribution in [0.3, 0.4) is 0 Å². The molecule has 0 bridgehead atoms. The Morgan fingerprint density at radius 1 is 1.00 bits per heavy atom. The van der Waals surface area contributed by atoms with Crippen LogP contribution in [0.4, 0.5) is 22.0 Å². The van der Waals surface area contributed by atoms with Gasteiger partial charge in [0.25, 0.3) is 0 Å². The van der Waals surface area contributed by atoms with E-state index in [-0.39, 0.29) is 16.7 Å². The van der Waals surface area contributed by atoms with Gasteiger partial charge < -0.3 is 5.73 Å². The van der Waals surface area contributed by atoms with Gasteiger partial charge in [-0.15, -0.1) is 0 Å². The number of aryl methyl sites for hydroxylation is 1. The Hall–Kier alpha value is -1.95. The Morgan fingerprint density at radius 3 is 2.29 bits per heavy atom. The zero-order valence-corrected chi connectivity index (χ0v) is 11.0. The van der Waals surface area contributed by atoms with Gasteiger partial charge in [-0.3, -0.25) is 0 Å². The fourth-order valence-corrected chi connectivity index (χ4v) is 1.99. The highest BCUT2D eigenvalue weighted by molar-refractivity contribution is 5.37. The maximum Gasteiger partial charge on any atom is 0.416 e. The molecule has 0 saturated carbocycles. The second kappa shape index (κ2) is 5.44. The lowest BCUT2D eigenvalue weighted by molar-refractivity contribution is -0.137. The Labute approximate surface area is 118 Å². The normalized spacial score (nSPS) is 13.3. The first kappa shape index (κ1) is 15.4. The number of halogens is 5. The van der Waals surface area contributed by atoms with Crippen LogP contribution in [0, 0.1) is 18.6 Å². The highest BCUT2D eigenvalue weighted by atomic mass is 19.4. The average molecular weight is 301 g/mol. The van der Waals surface area contributed by atoms with Crippen molar-refractivity contribution < 1.29 is 22.0 Å². The summed E-state index contributed by atoms with van der Waals surface area (Å²) >= 11 is 0. The average Bonchev–Trinajstić information content (AvgIpc) is 2.43. The summed E-state index contributed by atoms with van der Waals surface area (Å²) in [7, 11) is 0. The minimum Gasteiger partial charge on any atom is -0.320 e. The molecule has 2 aromatic rings. The van der Waals surface area contributed by atoms with Gasteiger partial charge in [0.2, 0.25) is 0 Å². The van der Waals surface area contributed by atoms with Crippen molar-refractivity contribution >= 4 is 0 Å². The van der Waals surface area contributed by atoms with Gasteiger partial charge in [0.15, 0.2) is 11.6 Å². The number of alkyl halides is 3. The van der Waals surface area contributed by atoms with Crippen molar-refractivity contribution in [1.29, 1.82) is 0 Å². The fourth-order valence-electron chi connectivity index (χ4n) is 1.99. The molecule has 0 aliphatic carbocycles. The van der Waals surface area contributed by atoms with Crippen LogP contribution in [0.2, 0.25) is 0 Å². The molecule has 0 radical (unpaired) electrons. The van der Waals surface area contributed by atoms with E-state index in [1.165, 1.54) is 31.2 Å². The first-order chi connectivity index (χ1) is 9.71. The van der Waals surface area contributed by atoms with Gasteiger partial charge in [-0.2, -0.15) is 13.2 Å². The Kier molecular flexibility index (Phi) is 4.00. The van der Waals surface area contributed by atoms with Crippen LogP contribution < -0.4 is 5.73 Å². The summed E-state index contributed by atoms with van der Waals surface area (Å²) in [5.41, 5.74) is 4.87. The molecule has 2 rings (SSSR count). The number of nitrogens with two attached hydrogens (primary N) is 1.